The van der Waals surface area contributed by atoms with E-state index in [2.05, 4.69) is 26.7 Å². The number of aromatic nitrogens is 3. The monoisotopic (exact) mass is 362 g/mol. The quantitative estimate of drug-likeness (QED) is 0.798. The van der Waals surface area contributed by atoms with Crippen LogP contribution in [0.15, 0.2) is 29.4 Å². The molecular weight excluding hydrogens is 342 g/mol. The minimum absolute atomic E-state index is 0.0598. The summed E-state index contributed by atoms with van der Waals surface area (Å²) in [6.07, 6.45) is 0.989. The van der Waals surface area contributed by atoms with Gasteiger partial charge in [-0.15, -0.1) is 0 Å². The molecule has 0 aromatic carbocycles. The van der Waals surface area contributed by atoms with E-state index in [1.807, 2.05) is 19.1 Å². The summed E-state index contributed by atoms with van der Waals surface area (Å²) in [7, 11) is 0. The van der Waals surface area contributed by atoms with Gasteiger partial charge in [-0.05, 0) is 19.7 Å². The predicted octanol–water partition coefficient (Wildman–Crippen LogP) is 2.64. The van der Waals surface area contributed by atoms with E-state index >= 15 is 0 Å². The normalized spacial score (nSPS) is 18.4. The van der Waals surface area contributed by atoms with Gasteiger partial charge in [0.2, 0.25) is 0 Å². The van der Waals surface area contributed by atoms with Crippen molar-refractivity contribution >= 4 is 29.7 Å². The number of morpholine rings is 1. The van der Waals surface area contributed by atoms with Crippen LogP contribution >= 0.6 is 0 Å². The zero-order chi connectivity index (χ0) is 18.7. The maximum absolute atomic E-state index is 13.4. The summed E-state index contributed by atoms with van der Waals surface area (Å²) >= 11 is 0. The molecule has 0 aliphatic carbocycles. The minimum Gasteiger partial charge on any atom is -0.384 e. The van der Waals surface area contributed by atoms with Crippen molar-refractivity contribution in [1.29, 1.82) is 0 Å². The first-order valence-electron chi connectivity index (χ1n) is 8.13. The van der Waals surface area contributed by atoms with Crippen molar-refractivity contribution in [2.75, 3.05) is 30.4 Å². The standard InChI is InChI=1S/C17H20F2N6O/c1-3-10(11-4-5-22-16(11)21-2)17-23-13(20)8-14(24-17)25-6-7-26-9-12(25)15(18)19/h3-5,8,12,15,22H,2,6-7,9H2,1H3,(H2,20,23,24)/b10-3+. The van der Waals surface area contributed by atoms with Crippen LogP contribution in [0.5, 0.6) is 0 Å². The van der Waals surface area contributed by atoms with E-state index < -0.39 is 12.5 Å². The Morgan fingerprint density at radius 2 is 2.35 bits per heavy atom. The molecule has 1 aliphatic heterocycles. The first-order chi connectivity index (χ1) is 12.5. The van der Waals surface area contributed by atoms with Gasteiger partial charge in [-0.25, -0.2) is 23.7 Å². The Balaban J connectivity index is 2.03. The molecule has 9 heteroatoms. The number of anilines is 2. The van der Waals surface area contributed by atoms with E-state index in [4.69, 9.17) is 10.5 Å². The maximum atomic E-state index is 13.4. The SMILES string of the molecule is C=Nc1[nH]ccc1/C(=C\C)c1nc(N)cc(N2CCOCC2C(F)F)n1. The van der Waals surface area contributed by atoms with Gasteiger partial charge in [-0.3, -0.25) is 0 Å². The number of nitrogens with zero attached hydrogens (tertiary/aromatic N) is 4. The zero-order valence-electron chi connectivity index (χ0n) is 14.3. The molecule has 0 bridgehead atoms. The molecule has 1 unspecified atom stereocenters. The average Bonchev–Trinajstić information content (AvgIpc) is 3.10. The number of nitrogens with two attached hydrogens (primary N) is 1. The highest BCUT2D eigenvalue weighted by atomic mass is 19.3. The number of rotatable bonds is 5. The lowest BCUT2D eigenvalue weighted by molar-refractivity contribution is 0.0203. The van der Waals surface area contributed by atoms with E-state index in [1.54, 1.807) is 6.20 Å². The molecule has 1 atom stereocenters. The number of alkyl halides is 2. The smallest absolute Gasteiger partial charge is 0.260 e. The van der Waals surface area contributed by atoms with Crippen LogP contribution in [0.3, 0.4) is 0 Å². The first-order valence-corrected chi connectivity index (χ1v) is 8.13. The van der Waals surface area contributed by atoms with Gasteiger partial charge in [-0.2, -0.15) is 0 Å². The number of ether oxygens (including phenoxy) is 1. The molecule has 0 amide bonds. The largest absolute Gasteiger partial charge is 0.384 e. The summed E-state index contributed by atoms with van der Waals surface area (Å²) in [5.41, 5.74) is 7.38. The van der Waals surface area contributed by atoms with Crippen molar-refractivity contribution in [1.82, 2.24) is 15.0 Å². The molecule has 0 saturated carbocycles. The number of nitrogens with one attached hydrogen (secondary N) is 1. The van der Waals surface area contributed by atoms with Gasteiger partial charge >= 0.3 is 0 Å². The second kappa shape index (κ2) is 7.61. The Labute approximate surface area is 149 Å². The van der Waals surface area contributed by atoms with Crippen molar-refractivity contribution in [3.05, 3.63) is 35.8 Å². The molecule has 7 nitrogen and oxygen atoms in total. The van der Waals surface area contributed by atoms with Crippen molar-refractivity contribution in [3.8, 4) is 0 Å². The molecule has 3 heterocycles. The van der Waals surface area contributed by atoms with Crippen LogP contribution in [-0.2, 0) is 4.74 Å². The Kier molecular flexibility index (Phi) is 5.27. The third-order valence-electron chi connectivity index (χ3n) is 4.19. The molecule has 3 N–H and O–H groups in total. The lowest BCUT2D eigenvalue weighted by Crippen LogP contribution is -2.50. The molecule has 2 aromatic heterocycles. The third-order valence-corrected chi connectivity index (χ3v) is 4.19. The topological polar surface area (TPSA) is 92.4 Å². The number of aliphatic imine (C=N–C) groups is 1. The summed E-state index contributed by atoms with van der Waals surface area (Å²) in [6, 6.07) is 2.25. The highest BCUT2D eigenvalue weighted by Gasteiger charge is 2.32. The number of halogens is 2. The molecule has 1 saturated heterocycles. The Morgan fingerprint density at radius 1 is 1.54 bits per heavy atom. The summed E-state index contributed by atoms with van der Waals surface area (Å²) in [4.78, 5) is 17.2. The van der Waals surface area contributed by atoms with Crippen LogP contribution < -0.4 is 10.6 Å². The lowest BCUT2D eigenvalue weighted by atomic mass is 10.1. The molecule has 1 fully saturated rings. The number of allylic oxidation sites excluding steroid dienone is 1. The van der Waals surface area contributed by atoms with Gasteiger partial charge in [0.25, 0.3) is 6.43 Å². The third kappa shape index (κ3) is 3.43. The molecule has 0 spiro atoms. The van der Waals surface area contributed by atoms with Crippen molar-refractivity contribution in [3.63, 3.8) is 0 Å². The highest BCUT2D eigenvalue weighted by Crippen LogP contribution is 2.31. The Hall–Kier alpha value is -2.81. The predicted molar refractivity (Wildman–Crippen MR) is 97.2 cm³/mol. The van der Waals surface area contributed by atoms with Crippen LogP contribution in [-0.4, -0.2) is 53.9 Å². The summed E-state index contributed by atoms with van der Waals surface area (Å²) in [5, 5.41) is 0. The zero-order valence-corrected chi connectivity index (χ0v) is 14.3. The van der Waals surface area contributed by atoms with Gasteiger partial charge in [0.1, 0.15) is 23.5 Å². The molecule has 1 aliphatic rings. The number of hydrogen-bond donors (Lipinski definition) is 2. The molecular formula is C17H20F2N6O. The molecule has 138 valence electrons. The fourth-order valence-corrected chi connectivity index (χ4v) is 2.95. The highest BCUT2D eigenvalue weighted by molar-refractivity contribution is 5.82. The van der Waals surface area contributed by atoms with Crippen molar-refractivity contribution in [2.24, 2.45) is 4.99 Å². The van der Waals surface area contributed by atoms with Gasteiger partial charge < -0.3 is 20.4 Å². The maximum Gasteiger partial charge on any atom is 0.260 e. The number of hydrogen-bond acceptors (Lipinski definition) is 6. The van der Waals surface area contributed by atoms with Crippen LogP contribution in [0, 0.1) is 0 Å². The molecule has 26 heavy (non-hydrogen) atoms. The average molecular weight is 362 g/mol. The van der Waals surface area contributed by atoms with Crippen molar-refractivity contribution < 1.29 is 13.5 Å². The Bertz CT molecular complexity index is 819. The van der Waals surface area contributed by atoms with E-state index in [-0.39, 0.29) is 12.4 Å². The molecule has 2 aromatic rings. The van der Waals surface area contributed by atoms with Gasteiger partial charge in [0.15, 0.2) is 5.82 Å². The van der Waals surface area contributed by atoms with Crippen LogP contribution in [0.1, 0.15) is 18.3 Å². The second-order valence-corrected chi connectivity index (χ2v) is 5.75. The van der Waals surface area contributed by atoms with E-state index in [1.165, 1.54) is 11.0 Å². The molecule has 3 rings (SSSR count). The van der Waals surface area contributed by atoms with E-state index in [0.717, 1.165) is 5.56 Å². The second-order valence-electron chi connectivity index (χ2n) is 5.75. The fourth-order valence-electron chi connectivity index (χ4n) is 2.95. The summed E-state index contributed by atoms with van der Waals surface area (Å²) in [6.45, 7) is 5.96. The lowest BCUT2D eigenvalue weighted by Gasteiger charge is -2.36. The molecule has 0 radical (unpaired) electrons. The Morgan fingerprint density at radius 3 is 3.04 bits per heavy atom. The van der Waals surface area contributed by atoms with Crippen LogP contribution in [0.25, 0.3) is 5.57 Å². The first kappa shape index (κ1) is 18.0. The van der Waals surface area contributed by atoms with Crippen LogP contribution in [0.4, 0.5) is 26.2 Å². The van der Waals surface area contributed by atoms with E-state index in [9.17, 15) is 8.78 Å². The summed E-state index contributed by atoms with van der Waals surface area (Å²) in [5.74, 6) is 1.46. The van der Waals surface area contributed by atoms with Gasteiger partial charge in [-0.1, -0.05) is 6.08 Å². The van der Waals surface area contributed by atoms with Crippen molar-refractivity contribution in [2.45, 2.75) is 19.4 Å². The number of H-pyrrole nitrogens is 1. The van der Waals surface area contributed by atoms with Crippen LogP contribution in [0.2, 0.25) is 0 Å². The number of aromatic amines is 1. The van der Waals surface area contributed by atoms with Gasteiger partial charge in [0, 0.05) is 29.9 Å². The number of nitrogen functional groups attached to an aromatic ring is 1. The summed E-state index contributed by atoms with van der Waals surface area (Å²) < 4.78 is 31.9. The van der Waals surface area contributed by atoms with E-state index in [0.29, 0.717) is 36.2 Å². The van der Waals surface area contributed by atoms with Gasteiger partial charge in [0.05, 0.1) is 13.2 Å². The fraction of sp³-hybridized carbons (Fsp3) is 0.353. The minimum atomic E-state index is -2.56.